The van der Waals surface area contributed by atoms with Crippen LogP contribution in [0.3, 0.4) is 0 Å². The highest BCUT2D eigenvalue weighted by Gasteiger charge is 2.67. The van der Waals surface area contributed by atoms with Crippen LogP contribution in [0.2, 0.25) is 0 Å². The number of rotatable bonds is 2. The van der Waals surface area contributed by atoms with Gasteiger partial charge >= 0.3 is 0 Å². The third-order valence-corrected chi connectivity index (χ3v) is 4.43. The van der Waals surface area contributed by atoms with Crippen molar-refractivity contribution in [3.05, 3.63) is 34.9 Å². The number of hydrogen-bond donors (Lipinski definition) is 1. The van der Waals surface area contributed by atoms with Crippen LogP contribution in [-0.4, -0.2) is 11.7 Å². The first-order valence-electron chi connectivity index (χ1n) is 5.78. The van der Waals surface area contributed by atoms with E-state index in [-0.39, 0.29) is 0 Å². The average molecular weight is 202 g/mol. The molecule has 1 N–H and O–H groups in total. The van der Waals surface area contributed by atoms with Crippen molar-refractivity contribution in [1.29, 1.82) is 0 Å². The van der Waals surface area contributed by atoms with Gasteiger partial charge in [-0.05, 0) is 55.1 Å². The van der Waals surface area contributed by atoms with Crippen molar-refractivity contribution in [3.8, 4) is 0 Å². The summed E-state index contributed by atoms with van der Waals surface area (Å²) in [6, 6.07) is 6.79. The number of aliphatic hydroxyl groups is 1. The topological polar surface area (TPSA) is 20.2 Å². The Labute approximate surface area is 91.1 Å². The van der Waals surface area contributed by atoms with Crippen molar-refractivity contribution in [2.24, 2.45) is 5.41 Å². The van der Waals surface area contributed by atoms with E-state index in [1.54, 1.807) is 0 Å². The monoisotopic (exact) mass is 202 g/mol. The fraction of sp³-hybridized carbons (Fsp3) is 0.571. The summed E-state index contributed by atoms with van der Waals surface area (Å²) in [6.45, 7) is 4.75. The first-order valence-corrected chi connectivity index (χ1v) is 5.78. The molecule has 0 amide bonds. The molecule has 3 aliphatic rings. The van der Waals surface area contributed by atoms with Gasteiger partial charge < -0.3 is 5.11 Å². The molecule has 0 spiro atoms. The van der Waals surface area contributed by atoms with Crippen molar-refractivity contribution in [1.82, 2.24) is 0 Å². The molecule has 1 nitrogen and oxygen atoms in total. The maximum absolute atomic E-state index is 9.26. The van der Waals surface area contributed by atoms with Crippen LogP contribution < -0.4 is 0 Å². The average Bonchev–Trinajstić information content (AvgIpc) is 2.04. The summed E-state index contributed by atoms with van der Waals surface area (Å²) in [6.07, 6.45) is 3.63. The van der Waals surface area contributed by atoms with Crippen LogP contribution in [0.4, 0.5) is 0 Å². The van der Waals surface area contributed by atoms with Crippen LogP contribution in [0.15, 0.2) is 18.2 Å². The zero-order valence-electron chi connectivity index (χ0n) is 9.51. The van der Waals surface area contributed by atoms with Crippen molar-refractivity contribution < 1.29 is 5.11 Å². The van der Waals surface area contributed by atoms with Gasteiger partial charge in [-0.15, -0.1) is 0 Å². The summed E-state index contributed by atoms with van der Waals surface area (Å²) in [5.74, 6) is 0. The molecule has 15 heavy (non-hydrogen) atoms. The Balaban J connectivity index is 1.91. The highest BCUT2D eigenvalue weighted by atomic mass is 16.3. The first kappa shape index (κ1) is 9.41. The van der Waals surface area contributed by atoms with Gasteiger partial charge in [0.05, 0.1) is 0 Å². The highest BCUT2D eigenvalue weighted by Crippen LogP contribution is 2.73. The third-order valence-electron chi connectivity index (χ3n) is 4.43. The van der Waals surface area contributed by atoms with E-state index in [1.165, 1.54) is 36.0 Å². The Hall–Kier alpha value is -0.820. The smallest absolute Gasteiger partial charge is 0.0488 e. The normalized spacial score (nSPS) is 37.0. The van der Waals surface area contributed by atoms with Crippen LogP contribution in [0.5, 0.6) is 0 Å². The zero-order chi connectivity index (χ0) is 10.7. The molecule has 3 saturated carbocycles. The van der Waals surface area contributed by atoms with Crippen molar-refractivity contribution in [3.63, 3.8) is 0 Å². The lowest BCUT2D eigenvalue weighted by atomic mass is 9.33. The fourth-order valence-corrected chi connectivity index (χ4v) is 3.86. The third kappa shape index (κ3) is 1.07. The van der Waals surface area contributed by atoms with Crippen LogP contribution in [-0.2, 0) is 5.41 Å². The van der Waals surface area contributed by atoms with E-state index in [0.717, 1.165) is 0 Å². The second-order valence-electron chi connectivity index (χ2n) is 5.79. The van der Waals surface area contributed by atoms with Gasteiger partial charge in [0, 0.05) is 6.61 Å². The van der Waals surface area contributed by atoms with Gasteiger partial charge in [0.1, 0.15) is 0 Å². The molecule has 0 atom stereocenters. The van der Waals surface area contributed by atoms with Gasteiger partial charge in [-0.1, -0.05) is 23.8 Å². The minimum absolute atomic E-state index is 0.317. The molecule has 1 aromatic rings. The van der Waals surface area contributed by atoms with E-state index in [2.05, 4.69) is 32.0 Å². The van der Waals surface area contributed by atoms with Crippen LogP contribution in [0.1, 0.15) is 36.0 Å². The molecule has 80 valence electrons. The van der Waals surface area contributed by atoms with Crippen LogP contribution in [0, 0.1) is 19.3 Å². The van der Waals surface area contributed by atoms with Gasteiger partial charge in [0.2, 0.25) is 0 Å². The van der Waals surface area contributed by atoms with Crippen molar-refractivity contribution in [2.75, 3.05) is 6.61 Å². The maximum atomic E-state index is 9.26. The summed E-state index contributed by atoms with van der Waals surface area (Å²) >= 11 is 0. The highest BCUT2D eigenvalue weighted by molar-refractivity contribution is 5.44. The van der Waals surface area contributed by atoms with E-state index in [0.29, 0.717) is 17.4 Å². The molecule has 1 heteroatoms. The minimum Gasteiger partial charge on any atom is -0.396 e. The largest absolute Gasteiger partial charge is 0.396 e. The van der Waals surface area contributed by atoms with E-state index in [1.807, 2.05) is 0 Å². The number of hydrogen-bond acceptors (Lipinski definition) is 1. The molecular formula is C14H18O. The number of benzene rings is 1. The van der Waals surface area contributed by atoms with Gasteiger partial charge in [-0.2, -0.15) is 0 Å². The van der Waals surface area contributed by atoms with Crippen molar-refractivity contribution >= 4 is 0 Å². The van der Waals surface area contributed by atoms with E-state index < -0.39 is 0 Å². The summed E-state index contributed by atoms with van der Waals surface area (Å²) < 4.78 is 0. The molecule has 3 fully saturated rings. The standard InChI is InChI=1S/C14H18O/c1-10-3-4-12(11(2)5-10)14-6-13(7-14,8-14)9-15/h3-5,15H,6-9H2,1-2H3. The van der Waals surface area contributed by atoms with Crippen LogP contribution in [0.25, 0.3) is 0 Å². The summed E-state index contributed by atoms with van der Waals surface area (Å²) in [5.41, 5.74) is 5.07. The molecule has 0 saturated heterocycles. The Morgan fingerprint density at radius 1 is 1.20 bits per heavy atom. The lowest BCUT2D eigenvalue weighted by Gasteiger charge is -2.71. The molecule has 0 radical (unpaired) electrons. The predicted octanol–water partition coefficient (Wildman–Crippen LogP) is 2.72. The molecule has 3 aliphatic carbocycles. The van der Waals surface area contributed by atoms with Gasteiger partial charge in [0.25, 0.3) is 0 Å². The van der Waals surface area contributed by atoms with E-state index in [4.69, 9.17) is 0 Å². The predicted molar refractivity (Wildman–Crippen MR) is 61.0 cm³/mol. The number of aliphatic hydroxyl groups excluding tert-OH is 1. The molecule has 4 rings (SSSR count). The Kier molecular flexibility index (Phi) is 1.66. The minimum atomic E-state index is 0.317. The van der Waals surface area contributed by atoms with Gasteiger partial charge in [0.15, 0.2) is 0 Å². The van der Waals surface area contributed by atoms with Gasteiger partial charge in [-0.3, -0.25) is 0 Å². The quantitative estimate of drug-likeness (QED) is 0.781. The number of aryl methyl sites for hydroxylation is 2. The Morgan fingerprint density at radius 2 is 1.87 bits per heavy atom. The molecule has 1 aromatic carbocycles. The molecule has 0 heterocycles. The zero-order valence-corrected chi connectivity index (χ0v) is 9.51. The van der Waals surface area contributed by atoms with E-state index in [9.17, 15) is 5.11 Å². The van der Waals surface area contributed by atoms with E-state index >= 15 is 0 Å². The summed E-state index contributed by atoms with van der Waals surface area (Å²) in [4.78, 5) is 0. The molecule has 2 bridgehead atoms. The van der Waals surface area contributed by atoms with Crippen molar-refractivity contribution in [2.45, 2.75) is 38.5 Å². The summed E-state index contributed by atoms with van der Waals surface area (Å²) in [5, 5.41) is 9.26. The fourth-order valence-electron chi connectivity index (χ4n) is 3.86. The second-order valence-corrected chi connectivity index (χ2v) is 5.79. The van der Waals surface area contributed by atoms with Gasteiger partial charge in [-0.25, -0.2) is 0 Å². The molecule has 0 aliphatic heterocycles. The molecular weight excluding hydrogens is 184 g/mol. The Morgan fingerprint density at radius 3 is 2.40 bits per heavy atom. The summed E-state index contributed by atoms with van der Waals surface area (Å²) in [7, 11) is 0. The first-order chi connectivity index (χ1) is 7.09. The van der Waals surface area contributed by atoms with Crippen LogP contribution >= 0.6 is 0 Å². The Bertz CT molecular complexity index is 400. The molecule has 0 unspecified atom stereocenters. The lowest BCUT2D eigenvalue weighted by molar-refractivity contribution is -0.168. The lowest BCUT2D eigenvalue weighted by Crippen LogP contribution is -2.66. The SMILES string of the molecule is Cc1ccc(C23CC(CO)(C2)C3)c(C)c1. The molecule has 0 aromatic heterocycles. The maximum Gasteiger partial charge on any atom is 0.0488 e. The second kappa shape index (κ2) is 2.65.